The molecule has 0 radical (unpaired) electrons. The largest absolute Gasteiger partial charge is 0.496 e. The molecule has 0 saturated carbocycles. The summed E-state index contributed by atoms with van der Waals surface area (Å²) in [6, 6.07) is 10.7. The van der Waals surface area contributed by atoms with Gasteiger partial charge < -0.3 is 10.1 Å². The second-order valence-corrected chi connectivity index (χ2v) is 6.69. The molecule has 3 rings (SSSR count). The van der Waals surface area contributed by atoms with Gasteiger partial charge >= 0.3 is 6.03 Å². The molecule has 1 atom stereocenters. The first kappa shape index (κ1) is 19.3. The third-order valence-electron chi connectivity index (χ3n) is 5.08. The van der Waals surface area contributed by atoms with Crippen molar-refractivity contribution in [1.82, 2.24) is 10.2 Å². The number of nitro groups is 1. The average Bonchev–Trinajstić information content (AvgIpc) is 2.93. The fraction of sp³-hybridized carbons (Fsp3) is 0.300. The van der Waals surface area contributed by atoms with Crippen molar-refractivity contribution in [3.8, 4) is 5.75 Å². The number of non-ortho nitro benzene ring substituents is 1. The summed E-state index contributed by atoms with van der Waals surface area (Å²) in [5.74, 6) is 0.359. The summed E-state index contributed by atoms with van der Waals surface area (Å²) in [5, 5.41) is 13.6. The molecular weight excluding hydrogens is 362 g/mol. The maximum absolute atomic E-state index is 13.2. The number of benzene rings is 2. The Morgan fingerprint density at radius 2 is 1.86 bits per heavy atom. The van der Waals surface area contributed by atoms with Gasteiger partial charge in [-0.15, -0.1) is 0 Å². The summed E-state index contributed by atoms with van der Waals surface area (Å²) in [6.45, 7) is 3.76. The van der Waals surface area contributed by atoms with Crippen LogP contribution >= 0.6 is 0 Å². The number of amides is 3. The molecule has 1 saturated heterocycles. The van der Waals surface area contributed by atoms with Gasteiger partial charge in [-0.2, -0.15) is 0 Å². The number of carbonyl (C=O) groups is 2. The lowest BCUT2D eigenvalue weighted by Crippen LogP contribution is -2.43. The number of imide groups is 1. The van der Waals surface area contributed by atoms with Gasteiger partial charge in [0.1, 0.15) is 11.3 Å². The number of ether oxygens (including phenoxy) is 1. The topological polar surface area (TPSA) is 102 Å². The number of rotatable bonds is 6. The molecule has 8 heteroatoms. The second kappa shape index (κ2) is 7.30. The van der Waals surface area contributed by atoms with Gasteiger partial charge in [-0.3, -0.25) is 19.8 Å². The summed E-state index contributed by atoms with van der Waals surface area (Å²) in [4.78, 5) is 37.2. The highest BCUT2D eigenvalue weighted by atomic mass is 16.6. The number of hydrogen-bond donors (Lipinski definition) is 1. The molecule has 1 unspecified atom stereocenters. The summed E-state index contributed by atoms with van der Waals surface area (Å²) < 4.78 is 5.27. The zero-order valence-electron chi connectivity index (χ0n) is 15.9. The molecule has 146 valence electrons. The predicted molar refractivity (Wildman–Crippen MR) is 102 cm³/mol. The lowest BCUT2D eigenvalue weighted by atomic mass is 9.86. The molecule has 0 spiro atoms. The number of nitro benzene ring substituents is 1. The lowest BCUT2D eigenvalue weighted by molar-refractivity contribution is -0.384. The van der Waals surface area contributed by atoms with Gasteiger partial charge in [0.25, 0.3) is 11.6 Å². The van der Waals surface area contributed by atoms with Gasteiger partial charge in [-0.25, -0.2) is 4.79 Å². The van der Waals surface area contributed by atoms with E-state index in [0.29, 0.717) is 23.3 Å². The molecule has 0 aromatic heterocycles. The van der Waals surface area contributed by atoms with Crippen molar-refractivity contribution in [3.05, 3.63) is 69.3 Å². The molecule has 1 aliphatic rings. The molecule has 8 nitrogen and oxygen atoms in total. The number of carbonyl (C=O) groups excluding carboxylic acids is 2. The van der Waals surface area contributed by atoms with Crippen LogP contribution in [0.4, 0.5) is 10.5 Å². The van der Waals surface area contributed by atoms with Crippen molar-refractivity contribution in [2.45, 2.75) is 32.4 Å². The quantitative estimate of drug-likeness (QED) is 0.469. The highest BCUT2D eigenvalue weighted by molar-refractivity contribution is 6.07. The Bertz CT molecular complexity index is 941. The highest BCUT2D eigenvalue weighted by Gasteiger charge is 2.51. The highest BCUT2D eigenvalue weighted by Crippen LogP contribution is 2.35. The summed E-state index contributed by atoms with van der Waals surface area (Å²) in [5.41, 5.74) is 1.00. The molecule has 3 amide bonds. The monoisotopic (exact) mass is 383 g/mol. The van der Waals surface area contributed by atoms with E-state index in [9.17, 15) is 19.7 Å². The minimum absolute atomic E-state index is 0.0412. The molecule has 1 N–H and O–H groups in total. The maximum atomic E-state index is 13.2. The van der Waals surface area contributed by atoms with Crippen LogP contribution in [-0.4, -0.2) is 28.9 Å². The van der Waals surface area contributed by atoms with Crippen molar-refractivity contribution in [2.75, 3.05) is 7.11 Å². The van der Waals surface area contributed by atoms with E-state index >= 15 is 0 Å². The fourth-order valence-electron chi connectivity index (χ4n) is 3.46. The van der Waals surface area contributed by atoms with Gasteiger partial charge in [0, 0.05) is 12.1 Å². The fourth-order valence-corrected chi connectivity index (χ4v) is 3.46. The Labute approximate surface area is 162 Å². The molecule has 28 heavy (non-hydrogen) atoms. The smallest absolute Gasteiger partial charge is 0.325 e. The summed E-state index contributed by atoms with van der Waals surface area (Å²) in [7, 11) is 1.58. The maximum Gasteiger partial charge on any atom is 0.325 e. The van der Waals surface area contributed by atoms with Crippen LogP contribution in [-0.2, 0) is 16.9 Å². The van der Waals surface area contributed by atoms with Crippen LogP contribution in [0.15, 0.2) is 42.5 Å². The van der Waals surface area contributed by atoms with Gasteiger partial charge in [0.2, 0.25) is 0 Å². The van der Waals surface area contributed by atoms with E-state index in [1.165, 1.54) is 12.1 Å². The van der Waals surface area contributed by atoms with E-state index in [4.69, 9.17) is 4.74 Å². The van der Waals surface area contributed by atoms with Crippen LogP contribution in [0.3, 0.4) is 0 Å². The van der Waals surface area contributed by atoms with Crippen LogP contribution in [0.2, 0.25) is 0 Å². The normalized spacial score (nSPS) is 18.9. The van der Waals surface area contributed by atoms with E-state index in [1.54, 1.807) is 31.4 Å². The van der Waals surface area contributed by atoms with Crippen LogP contribution in [0.1, 0.15) is 30.0 Å². The molecule has 2 aromatic rings. The Morgan fingerprint density at radius 1 is 1.18 bits per heavy atom. The van der Waals surface area contributed by atoms with Gasteiger partial charge in [-0.05, 0) is 42.2 Å². The minimum Gasteiger partial charge on any atom is -0.496 e. The summed E-state index contributed by atoms with van der Waals surface area (Å²) in [6.07, 6.45) is 0.389. The van der Waals surface area contributed by atoms with Crippen molar-refractivity contribution in [1.29, 1.82) is 0 Å². The molecule has 0 bridgehead atoms. The van der Waals surface area contributed by atoms with Gasteiger partial charge in [0.15, 0.2) is 0 Å². The van der Waals surface area contributed by atoms with Crippen LogP contribution in [0, 0.1) is 17.0 Å². The first-order chi connectivity index (χ1) is 13.3. The first-order valence-corrected chi connectivity index (χ1v) is 8.85. The second-order valence-electron chi connectivity index (χ2n) is 6.69. The van der Waals surface area contributed by atoms with Crippen molar-refractivity contribution in [3.63, 3.8) is 0 Å². The van der Waals surface area contributed by atoms with Crippen molar-refractivity contribution < 1.29 is 19.2 Å². The number of methoxy groups -OCH3 is 1. The third-order valence-corrected chi connectivity index (χ3v) is 5.08. The number of aryl methyl sites for hydroxylation is 1. The van der Waals surface area contributed by atoms with Gasteiger partial charge in [-0.1, -0.05) is 25.1 Å². The molecule has 1 fully saturated rings. The van der Waals surface area contributed by atoms with Crippen molar-refractivity contribution >= 4 is 17.6 Å². The number of nitrogens with one attached hydrogen (secondary N) is 1. The van der Waals surface area contributed by atoms with Gasteiger partial charge in [0.05, 0.1) is 18.6 Å². The Morgan fingerprint density at radius 3 is 2.39 bits per heavy atom. The molecule has 2 aromatic carbocycles. The molecule has 0 aliphatic carbocycles. The standard InChI is InChI=1S/C20H21N3O5/c1-4-20(15-7-10-17(28-3)13(2)11-15)18(24)22(19(25)21-20)12-14-5-8-16(9-6-14)23(26)27/h5-11H,4,12H2,1-3H3,(H,21,25). The summed E-state index contributed by atoms with van der Waals surface area (Å²) >= 11 is 0. The Hall–Kier alpha value is -3.42. The van der Waals surface area contributed by atoms with E-state index in [-0.39, 0.29) is 18.1 Å². The zero-order valence-corrected chi connectivity index (χ0v) is 15.9. The van der Waals surface area contributed by atoms with Crippen LogP contribution in [0.5, 0.6) is 5.75 Å². The molecule has 1 heterocycles. The lowest BCUT2D eigenvalue weighted by Gasteiger charge is -2.26. The molecular formula is C20H21N3O5. The average molecular weight is 383 g/mol. The number of hydrogen-bond acceptors (Lipinski definition) is 5. The molecule has 1 aliphatic heterocycles. The Kier molecular flexibility index (Phi) is 5.04. The first-order valence-electron chi connectivity index (χ1n) is 8.85. The van der Waals surface area contributed by atoms with Crippen molar-refractivity contribution in [2.24, 2.45) is 0 Å². The van der Waals surface area contributed by atoms with Crippen LogP contribution < -0.4 is 10.1 Å². The number of urea groups is 1. The van der Waals surface area contributed by atoms with E-state index in [1.807, 2.05) is 19.9 Å². The van der Waals surface area contributed by atoms with E-state index in [2.05, 4.69) is 5.32 Å². The number of nitrogens with zero attached hydrogens (tertiary/aromatic N) is 2. The zero-order chi connectivity index (χ0) is 20.5. The van der Waals surface area contributed by atoms with E-state index < -0.39 is 16.5 Å². The van der Waals surface area contributed by atoms with Crippen LogP contribution in [0.25, 0.3) is 0 Å². The Balaban J connectivity index is 1.90. The predicted octanol–water partition coefficient (Wildman–Crippen LogP) is 3.27. The third kappa shape index (κ3) is 3.17. The minimum atomic E-state index is -1.14. The SMILES string of the molecule is CCC1(c2ccc(OC)c(C)c2)NC(=O)N(Cc2ccc([N+](=O)[O-])cc2)C1=O. The van der Waals surface area contributed by atoms with E-state index in [0.717, 1.165) is 10.5 Å².